The molecule has 206 valence electrons. The highest BCUT2D eigenvalue weighted by Crippen LogP contribution is 2.46. The van der Waals surface area contributed by atoms with Crippen LogP contribution < -0.4 is 4.74 Å². The van der Waals surface area contributed by atoms with Crippen molar-refractivity contribution in [1.29, 1.82) is 0 Å². The van der Waals surface area contributed by atoms with E-state index in [4.69, 9.17) is 9.47 Å². The molecule has 3 aromatic carbocycles. The van der Waals surface area contributed by atoms with Crippen LogP contribution in [0, 0.1) is 0 Å². The van der Waals surface area contributed by atoms with Crippen molar-refractivity contribution < 1.29 is 19.1 Å². The van der Waals surface area contributed by atoms with Gasteiger partial charge in [0.05, 0.1) is 11.5 Å². The Labute approximate surface area is 233 Å². The van der Waals surface area contributed by atoms with Gasteiger partial charge >= 0.3 is 11.9 Å². The minimum atomic E-state index is -0.409. The summed E-state index contributed by atoms with van der Waals surface area (Å²) in [6, 6.07) is 22.8. The topological polar surface area (TPSA) is 52.6 Å². The van der Waals surface area contributed by atoms with Gasteiger partial charge in [-0.1, -0.05) is 102 Å². The molecule has 1 unspecified atom stereocenters. The smallest absolute Gasteiger partial charge is 0.338 e. The van der Waals surface area contributed by atoms with E-state index in [0.29, 0.717) is 11.3 Å². The van der Waals surface area contributed by atoms with Crippen molar-refractivity contribution in [3.05, 3.63) is 101 Å². The van der Waals surface area contributed by atoms with Gasteiger partial charge in [-0.15, -0.1) is 0 Å². The van der Waals surface area contributed by atoms with E-state index < -0.39 is 5.97 Å². The fourth-order valence-corrected chi connectivity index (χ4v) is 5.49. The first kappa shape index (κ1) is 28.6. The van der Waals surface area contributed by atoms with E-state index in [2.05, 4.69) is 52.8 Å². The van der Waals surface area contributed by atoms with E-state index in [0.717, 1.165) is 49.7 Å². The average molecular weight is 527 g/mol. The van der Waals surface area contributed by atoms with Gasteiger partial charge < -0.3 is 9.47 Å². The summed E-state index contributed by atoms with van der Waals surface area (Å²) in [6.45, 7) is 11.6. The zero-order valence-corrected chi connectivity index (χ0v) is 24.1. The van der Waals surface area contributed by atoms with Gasteiger partial charge in [0.15, 0.2) is 0 Å². The van der Waals surface area contributed by atoms with Gasteiger partial charge in [0.25, 0.3) is 0 Å². The molecular weight excluding hydrogens is 484 g/mol. The Kier molecular flexibility index (Phi) is 8.94. The van der Waals surface area contributed by atoms with E-state index in [1.807, 2.05) is 30.3 Å². The Balaban J connectivity index is 1.49. The van der Waals surface area contributed by atoms with Crippen LogP contribution in [0.25, 0.3) is 0 Å². The van der Waals surface area contributed by atoms with Crippen LogP contribution in [0.5, 0.6) is 5.75 Å². The van der Waals surface area contributed by atoms with Gasteiger partial charge in [-0.3, -0.25) is 4.79 Å². The van der Waals surface area contributed by atoms with Gasteiger partial charge in [-0.05, 0) is 76.6 Å². The lowest BCUT2D eigenvalue weighted by Crippen LogP contribution is -2.34. The van der Waals surface area contributed by atoms with Crippen molar-refractivity contribution in [2.45, 2.75) is 96.5 Å². The molecule has 0 amide bonds. The van der Waals surface area contributed by atoms with Crippen LogP contribution in [0.15, 0.2) is 72.8 Å². The average Bonchev–Trinajstić information content (AvgIpc) is 2.93. The van der Waals surface area contributed by atoms with E-state index in [9.17, 15) is 9.59 Å². The summed E-state index contributed by atoms with van der Waals surface area (Å²) in [6.07, 6.45) is 6.17. The molecule has 1 aliphatic carbocycles. The van der Waals surface area contributed by atoms with Gasteiger partial charge in [0, 0.05) is 0 Å². The molecule has 0 spiro atoms. The van der Waals surface area contributed by atoms with Crippen LogP contribution >= 0.6 is 0 Å². The zero-order valence-electron chi connectivity index (χ0n) is 24.1. The molecule has 4 rings (SSSR count). The number of carbonyl (C=O) groups is 2. The number of carbonyl (C=O) groups excluding carboxylic acids is 2. The predicted molar refractivity (Wildman–Crippen MR) is 156 cm³/mol. The quantitative estimate of drug-likeness (QED) is 0.151. The second kappa shape index (κ2) is 12.2. The molecule has 0 bridgehead atoms. The zero-order chi connectivity index (χ0) is 28.0. The summed E-state index contributed by atoms with van der Waals surface area (Å²) in [7, 11) is 0. The molecule has 4 heteroatoms. The van der Waals surface area contributed by atoms with E-state index in [1.165, 1.54) is 11.1 Å². The second-order valence-electron chi connectivity index (χ2n) is 12.1. The maximum Gasteiger partial charge on any atom is 0.338 e. The maximum absolute atomic E-state index is 13.5. The third kappa shape index (κ3) is 6.98. The molecule has 0 saturated heterocycles. The first-order chi connectivity index (χ1) is 18.6. The van der Waals surface area contributed by atoms with Gasteiger partial charge in [0.1, 0.15) is 12.4 Å². The fraction of sp³-hybridized carbons (Fsp3) is 0.429. The second-order valence-corrected chi connectivity index (χ2v) is 12.1. The van der Waals surface area contributed by atoms with E-state index in [1.54, 1.807) is 24.3 Å². The number of ether oxygens (including phenoxy) is 2. The Bertz CT molecular complexity index is 1270. The molecule has 4 nitrogen and oxygen atoms in total. The third-order valence-corrected chi connectivity index (χ3v) is 8.18. The van der Waals surface area contributed by atoms with Crippen molar-refractivity contribution in [3.63, 3.8) is 0 Å². The largest absolute Gasteiger partial charge is 0.457 e. The van der Waals surface area contributed by atoms with Crippen LogP contribution in [0.1, 0.15) is 112 Å². The third-order valence-electron chi connectivity index (χ3n) is 8.18. The molecule has 0 radical (unpaired) electrons. The Morgan fingerprint density at radius 1 is 0.821 bits per heavy atom. The van der Waals surface area contributed by atoms with Crippen molar-refractivity contribution >= 4 is 11.9 Å². The number of hydrogen-bond donors (Lipinski definition) is 0. The normalized spacial score (nSPS) is 16.1. The van der Waals surface area contributed by atoms with Gasteiger partial charge in [-0.25, -0.2) is 4.79 Å². The lowest BCUT2D eigenvalue weighted by atomic mass is 9.62. The first-order valence-electron chi connectivity index (χ1n) is 14.3. The standard InChI is InChI=1S/C35H42O4/c1-6-7-9-14-29(27-17-20-30-31(23-27)35(4,5)22-21-34(30,2)3)33(37)39-28-18-15-26(16-19-28)32(36)38-24-25-12-10-8-11-13-25/h8,10-13,15-20,23,29H,6-7,9,14,21-22,24H2,1-5H3. The molecule has 0 aromatic heterocycles. The highest BCUT2D eigenvalue weighted by Gasteiger charge is 2.37. The number of benzene rings is 3. The molecule has 0 fully saturated rings. The summed E-state index contributed by atoms with van der Waals surface area (Å²) in [5.41, 5.74) is 5.32. The van der Waals surface area contributed by atoms with Gasteiger partial charge in [0.2, 0.25) is 0 Å². The molecule has 1 atom stereocenters. The fourth-order valence-electron chi connectivity index (χ4n) is 5.49. The maximum atomic E-state index is 13.5. The molecule has 0 aliphatic heterocycles. The number of fused-ring (bicyclic) bond motifs is 1. The SMILES string of the molecule is CCCCCC(C(=O)Oc1ccc(C(=O)OCc2ccccc2)cc1)c1ccc2c(c1)C(C)(C)CCC2(C)C. The molecule has 0 heterocycles. The van der Waals surface area contributed by atoms with Crippen LogP contribution in [-0.2, 0) is 27.0 Å². The summed E-state index contributed by atoms with van der Waals surface area (Å²) < 4.78 is 11.3. The Hall–Kier alpha value is -3.40. The van der Waals surface area contributed by atoms with Crippen molar-refractivity contribution in [1.82, 2.24) is 0 Å². The molecule has 1 aliphatic rings. The summed E-state index contributed by atoms with van der Waals surface area (Å²) in [5.74, 6) is -0.565. The number of hydrogen-bond acceptors (Lipinski definition) is 4. The van der Waals surface area contributed by atoms with Crippen LogP contribution in [-0.4, -0.2) is 11.9 Å². The molecule has 39 heavy (non-hydrogen) atoms. The summed E-state index contributed by atoms with van der Waals surface area (Å²) in [5, 5.41) is 0. The van der Waals surface area contributed by atoms with Crippen LogP contribution in [0.4, 0.5) is 0 Å². The van der Waals surface area contributed by atoms with Crippen molar-refractivity contribution in [2.75, 3.05) is 0 Å². The lowest BCUT2D eigenvalue weighted by molar-refractivity contribution is -0.136. The number of rotatable bonds is 10. The molecule has 0 saturated carbocycles. The highest BCUT2D eigenvalue weighted by molar-refractivity contribution is 5.89. The number of esters is 2. The highest BCUT2D eigenvalue weighted by atomic mass is 16.5. The molecule has 0 N–H and O–H groups in total. The summed E-state index contributed by atoms with van der Waals surface area (Å²) in [4.78, 5) is 26.0. The Morgan fingerprint density at radius 3 is 2.15 bits per heavy atom. The summed E-state index contributed by atoms with van der Waals surface area (Å²) >= 11 is 0. The van der Waals surface area contributed by atoms with Crippen LogP contribution in [0.2, 0.25) is 0 Å². The predicted octanol–water partition coefficient (Wildman–Crippen LogP) is 8.66. The minimum absolute atomic E-state index is 0.0731. The molecule has 3 aromatic rings. The van der Waals surface area contributed by atoms with Crippen molar-refractivity contribution in [3.8, 4) is 5.75 Å². The van der Waals surface area contributed by atoms with E-state index >= 15 is 0 Å². The minimum Gasteiger partial charge on any atom is -0.457 e. The monoisotopic (exact) mass is 526 g/mol. The number of unbranched alkanes of at least 4 members (excludes halogenated alkanes) is 2. The first-order valence-corrected chi connectivity index (χ1v) is 14.3. The van der Waals surface area contributed by atoms with Crippen molar-refractivity contribution in [2.24, 2.45) is 0 Å². The lowest BCUT2D eigenvalue weighted by Gasteiger charge is -2.42. The molecular formula is C35H42O4. The Morgan fingerprint density at radius 2 is 1.49 bits per heavy atom. The van der Waals surface area contributed by atoms with Crippen LogP contribution in [0.3, 0.4) is 0 Å². The van der Waals surface area contributed by atoms with Gasteiger partial charge in [-0.2, -0.15) is 0 Å². The van der Waals surface area contributed by atoms with E-state index in [-0.39, 0.29) is 29.3 Å².